The Morgan fingerprint density at radius 1 is 0.931 bits per heavy atom. The molecule has 142 valence electrons. The molecule has 0 bridgehead atoms. The molecule has 6 heteroatoms. The molecule has 0 unspecified atom stereocenters. The van der Waals surface area contributed by atoms with Crippen LogP contribution in [0, 0.1) is 0 Å². The fraction of sp³-hybridized carbons (Fsp3) is 0. The lowest BCUT2D eigenvalue weighted by atomic mass is 10.1. The molecule has 0 saturated heterocycles. The van der Waals surface area contributed by atoms with Gasteiger partial charge in [-0.1, -0.05) is 30.8 Å². The van der Waals surface area contributed by atoms with Gasteiger partial charge in [-0.15, -0.1) is 0 Å². The van der Waals surface area contributed by atoms with E-state index in [-0.39, 0.29) is 5.57 Å². The first-order valence-corrected chi connectivity index (χ1v) is 8.85. The Hall–Kier alpha value is -4.19. The van der Waals surface area contributed by atoms with Crippen LogP contribution in [0.4, 0.5) is 11.5 Å². The highest BCUT2D eigenvalue weighted by atomic mass is 16.5. The normalized spacial score (nSPS) is 10.5. The van der Waals surface area contributed by atoms with Gasteiger partial charge in [-0.25, -0.2) is 9.97 Å². The number of ether oxygens (including phenoxy) is 1. The third-order valence-corrected chi connectivity index (χ3v) is 4.33. The number of carboxylic acid groups (broad SMARTS) is 1. The van der Waals surface area contributed by atoms with Crippen LogP contribution in [0.5, 0.6) is 11.5 Å². The van der Waals surface area contributed by atoms with Crippen molar-refractivity contribution in [2.45, 2.75) is 0 Å². The molecular formula is C23H16N3O3-. The molecule has 0 amide bonds. The zero-order valence-electron chi connectivity index (χ0n) is 15.3. The van der Waals surface area contributed by atoms with Crippen molar-refractivity contribution in [2.24, 2.45) is 0 Å². The number of rotatable bonds is 6. The molecule has 0 spiro atoms. The van der Waals surface area contributed by atoms with Crippen LogP contribution in [-0.4, -0.2) is 15.9 Å². The predicted octanol–water partition coefficient (Wildman–Crippen LogP) is 3.93. The lowest BCUT2D eigenvalue weighted by Gasteiger charge is -2.11. The van der Waals surface area contributed by atoms with Crippen LogP contribution in [0.2, 0.25) is 0 Å². The number of nitrogens with zero attached hydrogens (tertiary/aromatic N) is 2. The number of fused-ring (bicyclic) bond motifs is 1. The predicted molar refractivity (Wildman–Crippen MR) is 110 cm³/mol. The fourth-order valence-electron chi connectivity index (χ4n) is 2.83. The van der Waals surface area contributed by atoms with Crippen LogP contribution < -0.4 is 15.2 Å². The van der Waals surface area contributed by atoms with Crippen molar-refractivity contribution in [3.8, 4) is 11.5 Å². The maximum Gasteiger partial charge on any atom is 0.141 e. The zero-order valence-corrected chi connectivity index (χ0v) is 15.3. The number of benzene rings is 3. The molecule has 1 aromatic heterocycles. The van der Waals surface area contributed by atoms with E-state index < -0.39 is 5.97 Å². The van der Waals surface area contributed by atoms with Crippen molar-refractivity contribution in [3.05, 3.63) is 91.3 Å². The second-order valence-electron chi connectivity index (χ2n) is 6.28. The summed E-state index contributed by atoms with van der Waals surface area (Å²) in [6, 6.07) is 22.1. The topological polar surface area (TPSA) is 87.2 Å². The van der Waals surface area contributed by atoms with E-state index in [1.807, 2.05) is 54.6 Å². The summed E-state index contributed by atoms with van der Waals surface area (Å²) in [5.74, 6) is 0.788. The lowest BCUT2D eigenvalue weighted by molar-refractivity contribution is -0.295. The van der Waals surface area contributed by atoms with Gasteiger partial charge >= 0.3 is 0 Å². The highest BCUT2D eigenvalue weighted by Gasteiger charge is 2.08. The number of para-hydroxylation sites is 1. The third kappa shape index (κ3) is 4.06. The standard InChI is InChI=1S/C23H17N3O3/c1-15(23(27)28)16-7-12-20-21(13-16)24-14-25-22(20)26-17-8-10-19(11-9-17)29-18-5-3-2-4-6-18/h2-14H,1H2,(H,27,28)(H,24,25,26)/p-1. The zero-order chi connectivity index (χ0) is 20.2. The molecule has 29 heavy (non-hydrogen) atoms. The lowest BCUT2D eigenvalue weighted by Crippen LogP contribution is -2.22. The molecule has 0 aliphatic rings. The largest absolute Gasteiger partial charge is 0.545 e. The summed E-state index contributed by atoms with van der Waals surface area (Å²) in [6.45, 7) is 3.53. The average Bonchev–Trinajstić information content (AvgIpc) is 2.75. The first-order chi connectivity index (χ1) is 14.1. The third-order valence-electron chi connectivity index (χ3n) is 4.33. The molecule has 1 N–H and O–H groups in total. The molecule has 0 radical (unpaired) electrons. The second kappa shape index (κ2) is 7.82. The molecule has 0 saturated carbocycles. The number of hydrogen-bond donors (Lipinski definition) is 1. The van der Waals surface area contributed by atoms with Crippen molar-refractivity contribution in [1.29, 1.82) is 0 Å². The smallest absolute Gasteiger partial charge is 0.141 e. The fourth-order valence-corrected chi connectivity index (χ4v) is 2.83. The summed E-state index contributed by atoms with van der Waals surface area (Å²) in [7, 11) is 0. The second-order valence-corrected chi connectivity index (χ2v) is 6.28. The number of aromatic nitrogens is 2. The van der Waals surface area contributed by atoms with Crippen molar-refractivity contribution >= 4 is 34.0 Å². The van der Waals surface area contributed by atoms with Crippen molar-refractivity contribution in [2.75, 3.05) is 5.32 Å². The summed E-state index contributed by atoms with van der Waals surface area (Å²) in [5.41, 5.74) is 1.79. The summed E-state index contributed by atoms with van der Waals surface area (Å²) in [6.07, 6.45) is 1.42. The minimum absolute atomic E-state index is 0.0889. The van der Waals surface area contributed by atoms with Crippen molar-refractivity contribution in [3.63, 3.8) is 0 Å². The molecule has 0 atom stereocenters. The number of carbonyl (C=O) groups excluding carboxylic acids is 1. The van der Waals surface area contributed by atoms with E-state index in [0.29, 0.717) is 16.9 Å². The number of aliphatic carboxylic acids is 1. The van der Waals surface area contributed by atoms with E-state index >= 15 is 0 Å². The molecule has 0 fully saturated rings. The number of nitrogens with one attached hydrogen (secondary N) is 1. The average molecular weight is 382 g/mol. The minimum Gasteiger partial charge on any atom is -0.545 e. The first-order valence-electron chi connectivity index (χ1n) is 8.85. The Labute approximate surface area is 167 Å². The Bertz CT molecular complexity index is 1190. The number of anilines is 2. The molecule has 6 nitrogen and oxygen atoms in total. The van der Waals surface area contributed by atoms with Gasteiger partial charge < -0.3 is 20.0 Å². The van der Waals surface area contributed by atoms with Crippen LogP contribution in [0.15, 0.2) is 85.7 Å². The highest BCUT2D eigenvalue weighted by Crippen LogP contribution is 2.27. The number of carbonyl (C=O) groups is 1. The summed E-state index contributed by atoms with van der Waals surface area (Å²) >= 11 is 0. The highest BCUT2D eigenvalue weighted by molar-refractivity contribution is 6.14. The molecule has 1 heterocycles. The van der Waals surface area contributed by atoms with Gasteiger partial charge in [-0.05, 0) is 59.7 Å². The van der Waals surface area contributed by atoms with E-state index in [1.54, 1.807) is 18.2 Å². The van der Waals surface area contributed by atoms with E-state index in [2.05, 4.69) is 21.9 Å². The van der Waals surface area contributed by atoms with Crippen LogP contribution in [-0.2, 0) is 4.79 Å². The molecule has 0 aliphatic heterocycles. The van der Waals surface area contributed by atoms with Gasteiger partial charge in [0.2, 0.25) is 0 Å². The van der Waals surface area contributed by atoms with Crippen LogP contribution in [0.3, 0.4) is 0 Å². The monoisotopic (exact) mass is 382 g/mol. The Balaban J connectivity index is 1.56. The van der Waals surface area contributed by atoms with E-state index in [9.17, 15) is 9.90 Å². The Morgan fingerprint density at radius 3 is 2.38 bits per heavy atom. The van der Waals surface area contributed by atoms with Crippen LogP contribution in [0.1, 0.15) is 5.56 Å². The summed E-state index contributed by atoms with van der Waals surface area (Å²) < 4.78 is 5.79. The quantitative estimate of drug-likeness (QED) is 0.509. The molecule has 4 aromatic rings. The van der Waals surface area contributed by atoms with E-state index in [1.165, 1.54) is 6.33 Å². The van der Waals surface area contributed by atoms with Gasteiger partial charge in [-0.3, -0.25) is 0 Å². The maximum atomic E-state index is 11.0. The van der Waals surface area contributed by atoms with Gasteiger partial charge in [0.15, 0.2) is 0 Å². The summed E-state index contributed by atoms with van der Waals surface area (Å²) in [4.78, 5) is 19.5. The molecule has 4 rings (SSSR count). The van der Waals surface area contributed by atoms with E-state index in [4.69, 9.17) is 4.74 Å². The van der Waals surface area contributed by atoms with Gasteiger partial charge in [0.1, 0.15) is 23.6 Å². The van der Waals surface area contributed by atoms with E-state index in [0.717, 1.165) is 22.6 Å². The van der Waals surface area contributed by atoms with Crippen molar-refractivity contribution in [1.82, 2.24) is 9.97 Å². The molecular weight excluding hydrogens is 366 g/mol. The maximum absolute atomic E-state index is 11.0. The van der Waals surface area contributed by atoms with Gasteiger partial charge in [0, 0.05) is 11.1 Å². The van der Waals surface area contributed by atoms with Crippen LogP contribution >= 0.6 is 0 Å². The summed E-state index contributed by atoms with van der Waals surface area (Å²) in [5, 5.41) is 15.0. The number of carboxylic acids is 1. The molecule has 0 aliphatic carbocycles. The van der Waals surface area contributed by atoms with Gasteiger partial charge in [-0.2, -0.15) is 0 Å². The van der Waals surface area contributed by atoms with Crippen molar-refractivity contribution < 1.29 is 14.6 Å². The van der Waals surface area contributed by atoms with Crippen LogP contribution in [0.25, 0.3) is 16.5 Å². The Morgan fingerprint density at radius 2 is 1.66 bits per heavy atom. The SMILES string of the molecule is C=C(C(=O)[O-])c1ccc2c(Nc3ccc(Oc4ccccc4)cc3)ncnc2c1. The molecule has 3 aromatic carbocycles. The Kier molecular flexibility index (Phi) is 4.90. The first kappa shape index (κ1) is 18.2. The minimum atomic E-state index is -1.31. The van der Waals surface area contributed by atoms with Gasteiger partial charge in [0.05, 0.1) is 11.5 Å². The number of hydrogen-bond acceptors (Lipinski definition) is 6. The van der Waals surface area contributed by atoms with Gasteiger partial charge in [0.25, 0.3) is 0 Å².